The Morgan fingerprint density at radius 1 is 1.19 bits per heavy atom. The molecule has 0 fully saturated rings. The Labute approximate surface area is 152 Å². The molecule has 0 amide bonds. The first-order valence-electron chi connectivity index (χ1n) is 7.95. The number of alkyl halides is 3. The quantitative estimate of drug-likeness (QED) is 0.740. The van der Waals surface area contributed by atoms with Gasteiger partial charge >= 0.3 is 6.18 Å². The summed E-state index contributed by atoms with van der Waals surface area (Å²) >= 11 is 0. The fourth-order valence-electron chi connectivity index (χ4n) is 2.46. The molecule has 1 N–H and O–H groups in total. The minimum absolute atomic E-state index is 0.128. The minimum Gasteiger partial charge on any atom is -0.490 e. The van der Waals surface area contributed by atoms with Crippen molar-refractivity contribution in [2.45, 2.75) is 26.1 Å². The number of H-pyrrole nitrogens is 1. The fourth-order valence-corrected chi connectivity index (χ4v) is 2.46. The van der Waals surface area contributed by atoms with Gasteiger partial charge in [-0.1, -0.05) is 5.21 Å². The van der Waals surface area contributed by atoms with E-state index in [2.05, 4.69) is 20.4 Å². The molecular formula is C18H14F3N5O. The largest absolute Gasteiger partial charge is 0.490 e. The molecule has 1 aromatic carbocycles. The van der Waals surface area contributed by atoms with Crippen LogP contribution in [0.5, 0.6) is 5.75 Å². The van der Waals surface area contributed by atoms with E-state index in [0.717, 1.165) is 12.3 Å². The number of benzene rings is 1. The number of hydrogen-bond donors (Lipinski definition) is 1. The Morgan fingerprint density at radius 2 is 1.96 bits per heavy atom. The molecule has 0 saturated heterocycles. The number of halogens is 3. The lowest BCUT2D eigenvalue weighted by Gasteiger charge is -2.14. The molecule has 0 unspecified atom stereocenters. The number of pyridine rings is 1. The number of hydrogen-bond acceptors (Lipinski definition) is 5. The van der Waals surface area contributed by atoms with Crippen LogP contribution in [0, 0.1) is 11.3 Å². The average Bonchev–Trinajstić information content (AvgIpc) is 3.09. The van der Waals surface area contributed by atoms with Crippen LogP contribution >= 0.6 is 0 Å². The third-order valence-electron chi connectivity index (χ3n) is 3.64. The first-order valence-corrected chi connectivity index (χ1v) is 7.95. The highest BCUT2D eigenvalue weighted by atomic mass is 19.4. The summed E-state index contributed by atoms with van der Waals surface area (Å²) in [5, 5.41) is 19.3. The Bertz CT molecular complexity index is 987. The van der Waals surface area contributed by atoms with E-state index in [4.69, 9.17) is 4.74 Å². The number of rotatable bonds is 4. The molecule has 0 aliphatic rings. The SMILES string of the molecule is CC(C)Oc1ccc(-c2ccc(C(F)(F)F)cn2)cc1-c1nn[nH]c1C#N. The molecule has 2 aromatic heterocycles. The molecule has 6 nitrogen and oxygen atoms in total. The maximum Gasteiger partial charge on any atom is 0.417 e. The van der Waals surface area contributed by atoms with Crippen molar-refractivity contribution < 1.29 is 17.9 Å². The Kier molecular flexibility index (Phi) is 4.81. The lowest BCUT2D eigenvalue weighted by molar-refractivity contribution is -0.137. The predicted octanol–water partition coefficient (Wildman–Crippen LogP) is 4.21. The normalized spacial score (nSPS) is 11.4. The van der Waals surface area contributed by atoms with Crippen LogP contribution in [0.15, 0.2) is 36.5 Å². The van der Waals surface area contributed by atoms with Crippen LogP contribution in [0.25, 0.3) is 22.5 Å². The van der Waals surface area contributed by atoms with E-state index in [9.17, 15) is 18.4 Å². The summed E-state index contributed by atoms with van der Waals surface area (Å²) in [4.78, 5) is 3.90. The highest BCUT2D eigenvalue weighted by Gasteiger charge is 2.30. The Hall–Kier alpha value is -3.41. The number of nitriles is 1. The number of aromatic nitrogens is 4. The van der Waals surface area contributed by atoms with Gasteiger partial charge in [0.05, 0.1) is 17.4 Å². The summed E-state index contributed by atoms with van der Waals surface area (Å²) < 4.78 is 43.9. The summed E-state index contributed by atoms with van der Waals surface area (Å²) in [5.74, 6) is 0.478. The highest BCUT2D eigenvalue weighted by Crippen LogP contribution is 2.35. The molecule has 2 heterocycles. The number of nitrogens with one attached hydrogen (secondary N) is 1. The molecule has 0 saturated carbocycles. The third kappa shape index (κ3) is 3.89. The van der Waals surface area contributed by atoms with Crippen LogP contribution in [0.1, 0.15) is 25.1 Å². The zero-order chi connectivity index (χ0) is 19.6. The second-order valence-electron chi connectivity index (χ2n) is 5.95. The second-order valence-corrected chi connectivity index (χ2v) is 5.95. The van der Waals surface area contributed by atoms with E-state index in [1.54, 1.807) is 18.2 Å². The van der Waals surface area contributed by atoms with Gasteiger partial charge in [0.15, 0.2) is 5.69 Å². The van der Waals surface area contributed by atoms with E-state index in [0.29, 0.717) is 28.3 Å². The monoisotopic (exact) mass is 373 g/mol. The molecular weight excluding hydrogens is 359 g/mol. The predicted molar refractivity (Wildman–Crippen MR) is 90.5 cm³/mol. The van der Waals surface area contributed by atoms with Crippen molar-refractivity contribution in [1.29, 1.82) is 5.26 Å². The zero-order valence-corrected chi connectivity index (χ0v) is 14.4. The average molecular weight is 373 g/mol. The van der Waals surface area contributed by atoms with E-state index in [1.807, 2.05) is 19.9 Å². The maximum atomic E-state index is 12.7. The molecule has 0 spiro atoms. The molecule has 3 rings (SSSR count). The van der Waals surface area contributed by atoms with Gasteiger partial charge in [0.25, 0.3) is 0 Å². The van der Waals surface area contributed by atoms with Gasteiger partial charge in [0.1, 0.15) is 17.5 Å². The molecule has 9 heteroatoms. The van der Waals surface area contributed by atoms with E-state index < -0.39 is 11.7 Å². The number of nitrogens with zero attached hydrogens (tertiary/aromatic N) is 4. The summed E-state index contributed by atoms with van der Waals surface area (Å²) in [6.07, 6.45) is -3.80. The van der Waals surface area contributed by atoms with Crippen LogP contribution in [0.2, 0.25) is 0 Å². The van der Waals surface area contributed by atoms with Gasteiger partial charge in [-0.3, -0.25) is 4.98 Å². The van der Waals surface area contributed by atoms with Gasteiger partial charge in [0, 0.05) is 17.3 Å². The topological polar surface area (TPSA) is 87.5 Å². The molecule has 0 aliphatic carbocycles. The Morgan fingerprint density at radius 3 is 2.56 bits per heavy atom. The van der Waals surface area contributed by atoms with Crippen LogP contribution in [0.4, 0.5) is 13.2 Å². The summed E-state index contributed by atoms with van der Waals surface area (Å²) in [6, 6.07) is 9.23. The molecule has 3 aromatic rings. The van der Waals surface area contributed by atoms with Gasteiger partial charge in [0.2, 0.25) is 0 Å². The van der Waals surface area contributed by atoms with Crippen molar-refractivity contribution >= 4 is 0 Å². The summed E-state index contributed by atoms with van der Waals surface area (Å²) in [6.45, 7) is 3.70. The first-order chi connectivity index (χ1) is 12.8. The van der Waals surface area contributed by atoms with Crippen LogP contribution in [-0.4, -0.2) is 26.5 Å². The van der Waals surface area contributed by atoms with Gasteiger partial charge < -0.3 is 4.74 Å². The van der Waals surface area contributed by atoms with Gasteiger partial charge in [-0.2, -0.15) is 18.4 Å². The van der Waals surface area contributed by atoms with Crippen LogP contribution in [0.3, 0.4) is 0 Å². The minimum atomic E-state index is -4.45. The molecule has 138 valence electrons. The maximum absolute atomic E-state index is 12.7. The highest BCUT2D eigenvalue weighted by molar-refractivity contribution is 5.76. The van der Waals surface area contributed by atoms with E-state index in [1.165, 1.54) is 6.07 Å². The van der Waals surface area contributed by atoms with Crippen LogP contribution < -0.4 is 4.74 Å². The fraction of sp³-hybridized carbons (Fsp3) is 0.222. The van der Waals surface area contributed by atoms with Crippen molar-refractivity contribution in [2.24, 2.45) is 0 Å². The van der Waals surface area contributed by atoms with Crippen molar-refractivity contribution in [3.8, 4) is 34.3 Å². The van der Waals surface area contributed by atoms with Gasteiger partial charge in [-0.25, -0.2) is 5.10 Å². The summed E-state index contributed by atoms with van der Waals surface area (Å²) in [5.41, 5.74) is 1.02. The molecule has 0 radical (unpaired) electrons. The molecule has 27 heavy (non-hydrogen) atoms. The van der Waals surface area contributed by atoms with Crippen LogP contribution in [-0.2, 0) is 6.18 Å². The summed E-state index contributed by atoms with van der Waals surface area (Å²) in [7, 11) is 0. The van der Waals surface area contributed by atoms with Crippen molar-refractivity contribution in [1.82, 2.24) is 20.4 Å². The van der Waals surface area contributed by atoms with Crippen molar-refractivity contribution in [3.05, 3.63) is 47.8 Å². The zero-order valence-electron chi connectivity index (χ0n) is 14.4. The van der Waals surface area contributed by atoms with Gasteiger partial charge in [-0.15, -0.1) is 5.10 Å². The Balaban J connectivity index is 2.08. The standard InChI is InChI=1S/C18H14F3N5O/c1-10(2)27-16-6-3-11(7-13(16)17-15(8-22)24-26-25-17)14-5-4-12(9-23-14)18(19,20)21/h3-7,9-10H,1-2H3,(H,24,25,26). The van der Waals surface area contributed by atoms with E-state index >= 15 is 0 Å². The van der Waals surface area contributed by atoms with Crippen molar-refractivity contribution in [2.75, 3.05) is 0 Å². The number of ether oxygens (including phenoxy) is 1. The third-order valence-corrected chi connectivity index (χ3v) is 3.64. The van der Waals surface area contributed by atoms with E-state index in [-0.39, 0.29) is 11.8 Å². The second kappa shape index (κ2) is 7.07. The van der Waals surface area contributed by atoms with Crippen molar-refractivity contribution in [3.63, 3.8) is 0 Å². The lowest BCUT2D eigenvalue weighted by Crippen LogP contribution is -2.07. The van der Waals surface area contributed by atoms with Gasteiger partial charge in [-0.05, 0) is 44.2 Å². The first kappa shape index (κ1) is 18.4. The lowest BCUT2D eigenvalue weighted by atomic mass is 10.0. The molecule has 0 bridgehead atoms. The number of aromatic amines is 1. The molecule has 0 aliphatic heterocycles. The molecule has 0 atom stereocenters. The smallest absolute Gasteiger partial charge is 0.417 e.